The maximum absolute atomic E-state index is 13.1. The molecule has 2 atom stereocenters. The Hall–Kier alpha value is -2.50. The van der Waals surface area contributed by atoms with Gasteiger partial charge in [-0.05, 0) is 48.6 Å². The molecule has 126 valence electrons. The molecule has 1 fully saturated rings. The molecule has 2 aromatic rings. The van der Waals surface area contributed by atoms with Crippen LogP contribution >= 0.6 is 0 Å². The normalized spacial score (nSPS) is 19.8. The topological polar surface area (TPSA) is 49.3 Å². The van der Waals surface area contributed by atoms with Crippen molar-refractivity contribution in [2.24, 2.45) is 5.92 Å². The van der Waals surface area contributed by atoms with E-state index in [1.54, 1.807) is 25.1 Å². The monoisotopic (exact) mass is 335 g/mol. The van der Waals surface area contributed by atoms with E-state index >= 15 is 0 Å². The number of carbonyl (C=O) groups excluding carboxylic acids is 1. The van der Waals surface area contributed by atoms with Gasteiger partial charge in [-0.1, -0.05) is 24.3 Å². The van der Waals surface area contributed by atoms with Crippen molar-refractivity contribution >= 4 is 11.6 Å². The van der Waals surface area contributed by atoms with Gasteiger partial charge in [0.1, 0.15) is 5.75 Å². The molecule has 2 aromatic carbocycles. The summed E-state index contributed by atoms with van der Waals surface area (Å²) < 4.78 is 39.2. The highest BCUT2D eigenvalue weighted by Crippen LogP contribution is 2.51. The zero-order valence-electron chi connectivity index (χ0n) is 12.9. The fraction of sp³-hybridized carbons (Fsp3) is 0.278. The first-order valence-electron chi connectivity index (χ1n) is 7.54. The van der Waals surface area contributed by atoms with E-state index < -0.39 is 23.6 Å². The Balaban J connectivity index is 1.75. The molecule has 0 aliphatic heterocycles. The van der Waals surface area contributed by atoms with Crippen LogP contribution in [-0.2, 0) is 11.0 Å². The summed E-state index contributed by atoms with van der Waals surface area (Å²) in [6.45, 7) is 1.80. The van der Waals surface area contributed by atoms with Crippen molar-refractivity contribution in [1.29, 1.82) is 0 Å². The van der Waals surface area contributed by atoms with E-state index in [2.05, 4.69) is 5.32 Å². The summed E-state index contributed by atoms with van der Waals surface area (Å²) in [6, 6.07) is 10.2. The number of amides is 1. The van der Waals surface area contributed by atoms with Crippen LogP contribution in [0.15, 0.2) is 42.5 Å². The smallest absolute Gasteiger partial charge is 0.416 e. The number of halogens is 3. The predicted octanol–water partition coefficient (Wildman–Crippen LogP) is 4.46. The number of carbonyl (C=O) groups is 1. The second-order valence-electron chi connectivity index (χ2n) is 6.04. The molecule has 0 spiro atoms. The lowest BCUT2D eigenvalue weighted by atomic mass is 10.0. The molecule has 24 heavy (non-hydrogen) atoms. The van der Waals surface area contributed by atoms with Crippen LogP contribution in [0.1, 0.15) is 29.0 Å². The molecular weight excluding hydrogens is 319 g/mol. The SMILES string of the molecule is Cc1ccc(NC(=O)C2CC2c2ccccc2C(F)(F)F)c(O)c1. The number of aromatic hydroxyl groups is 1. The van der Waals surface area contributed by atoms with Crippen LogP contribution in [0, 0.1) is 12.8 Å². The molecule has 6 heteroatoms. The molecule has 0 heterocycles. The molecule has 0 bridgehead atoms. The van der Waals surface area contributed by atoms with Crippen molar-refractivity contribution in [2.75, 3.05) is 5.32 Å². The van der Waals surface area contributed by atoms with Gasteiger partial charge in [0.15, 0.2) is 0 Å². The Bertz CT molecular complexity index is 786. The van der Waals surface area contributed by atoms with Crippen molar-refractivity contribution < 1.29 is 23.1 Å². The number of alkyl halides is 3. The minimum Gasteiger partial charge on any atom is -0.506 e. The molecule has 1 amide bonds. The first-order valence-corrected chi connectivity index (χ1v) is 7.54. The van der Waals surface area contributed by atoms with Gasteiger partial charge in [0.05, 0.1) is 11.3 Å². The number of benzene rings is 2. The van der Waals surface area contributed by atoms with E-state index in [1.165, 1.54) is 18.2 Å². The third kappa shape index (κ3) is 3.22. The second kappa shape index (κ2) is 5.85. The van der Waals surface area contributed by atoms with Crippen LogP contribution < -0.4 is 5.32 Å². The maximum atomic E-state index is 13.1. The quantitative estimate of drug-likeness (QED) is 0.814. The van der Waals surface area contributed by atoms with Crippen LogP contribution in [0.3, 0.4) is 0 Å². The van der Waals surface area contributed by atoms with Gasteiger partial charge in [-0.15, -0.1) is 0 Å². The number of aryl methyl sites for hydroxylation is 1. The molecule has 1 aliphatic rings. The number of anilines is 1. The van der Waals surface area contributed by atoms with Crippen LogP contribution in [0.2, 0.25) is 0 Å². The Morgan fingerprint density at radius 1 is 1.21 bits per heavy atom. The fourth-order valence-corrected chi connectivity index (χ4v) is 2.88. The highest BCUT2D eigenvalue weighted by atomic mass is 19.4. The van der Waals surface area contributed by atoms with Crippen molar-refractivity contribution in [1.82, 2.24) is 0 Å². The van der Waals surface area contributed by atoms with Crippen LogP contribution in [-0.4, -0.2) is 11.0 Å². The van der Waals surface area contributed by atoms with Crippen LogP contribution in [0.4, 0.5) is 18.9 Å². The van der Waals surface area contributed by atoms with Gasteiger partial charge in [-0.3, -0.25) is 4.79 Å². The Morgan fingerprint density at radius 3 is 2.58 bits per heavy atom. The highest BCUT2D eigenvalue weighted by molar-refractivity contribution is 5.96. The summed E-state index contributed by atoms with van der Waals surface area (Å²) in [5, 5.41) is 12.4. The molecule has 2 N–H and O–H groups in total. The number of hydrogen-bond donors (Lipinski definition) is 2. The van der Waals surface area contributed by atoms with E-state index in [-0.39, 0.29) is 22.9 Å². The number of hydrogen-bond acceptors (Lipinski definition) is 2. The van der Waals surface area contributed by atoms with E-state index in [0.29, 0.717) is 6.42 Å². The molecule has 3 rings (SSSR count). The lowest BCUT2D eigenvalue weighted by Gasteiger charge is -2.12. The number of rotatable bonds is 3. The molecule has 3 nitrogen and oxygen atoms in total. The number of nitrogens with one attached hydrogen (secondary N) is 1. The lowest BCUT2D eigenvalue weighted by Crippen LogP contribution is -2.15. The van der Waals surface area contributed by atoms with Gasteiger partial charge < -0.3 is 10.4 Å². The lowest BCUT2D eigenvalue weighted by molar-refractivity contribution is -0.138. The summed E-state index contributed by atoms with van der Waals surface area (Å²) in [4.78, 5) is 12.3. The van der Waals surface area contributed by atoms with E-state index in [1.807, 2.05) is 0 Å². The molecular formula is C18H16F3NO2. The Morgan fingerprint density at radius 2 is 1.92 bits per heavy atom. The van der Waals surface area contributed by atoms with Gasteiger partial charge in [0.25, 0.3) is 0 Å². The van der Waals surface area contributed by atoms with E-state index in [4.69, 9.17) is 0 Å². The molecule has 1 aliphatic carbocycles. The minimum absolute atomic E-state index is 0.0590. The van der Waals surface area contributed by atoms with Crippen molar-refractivity contribution in [3.05, 3.63) is 59.2 Å². The summed E-state index contributed by atoms with van der Waals surface area (Å²) in [5.74, 6) is -1.41. The van der Waals surface area contributed by atoms with Gasteiger partial charge in [0.2, 0.25) is 5.91 Å². The summed E-state index contributed by atoms with van der Waals surface area (Å²) in [7, 11) is 0. The summed E-state index contributed by atoms with van der Waals surface area (Å²) >= 11 is 0. The van der Waals surface area contributed by atoms with E-state index in [9.17, 15) is 23.1 Å². The largest absolute Gasteiger partial charge is 0.506 e. The van der Waals surface area contributed by atoms with Gasteiger partial charge in [-0.25, -0.2) is 0 Å². The highest BCUT2D eigenvalue weighted by Gasteiger charge is 2.47. The summed E-state index contributed by atoms with van der Waals surface area (Å²) in [5.41, 5.74) is 0.566. The third-order valence-corrected chi connectivity index (χ3v) is 4.20. The maximum Gasteiger partial charge on any atom is 0.416 e. The average Bonchev–Trinajstić information content (AvgIpc) is 3.30. The zero-order chi connectivity index (χ0) is 17.5. The second-order valence-corrected chi connectivity index (χ2v) is 6.04. The van der Waals surface area contributed by atoms with Crippen molar-refractivity contribution in [3.63, 3.8) is 0 Å². The average molecular weight is 335 g/mol. The van der Waals surface area contributed by atoms with Gasteiger partial charge in [0, 0.05) is 5.92 Å². The standard InChI is InChI=1S/C18H16F3NO2/c1-10-6-7-15(16(23)8-10)22-17(24)13-9-12(13)11-4-2-3-5-14(11)18(19,20)21/h2-8,12-13,23H,9H2,1H3,(H,22,24). The summed E-state index contributed by atoms with van der Waals surface area (Å²) in [6.07, 6.45) is -4.07. The van der Waals surface area contributed by atoms with Gasteiger partial charge >= 0.3 is 6.18 Å². The molecule has 0 saturated heterocycles. The van der Waals surface area contributed by atoms with Crippen LogP contribution in [0.25, 0.3) is 0 Å². The molecule has 2 unspecified atom stereocenters. The van der Waals surface area contributed by atoms with Gasteiger partial charge in [-0.2, -0.15) is 13.2 Å². The minimum atomic E-state index is -4.44. The number of phenols is 1. The first kappa shape index (κ1) is 16.4. The molecule has 0 radical (unpaired) electrons. The van der Waals surface area contributed by atoms with Crippen molar-refractivity contribution in [3.8, 4) is 5.75 Å². The Labute approximate surface area is 137 Å². The molecule has 1 saturated carbocycles. The number of phenolic OH excluding ortho intramolecular Hbond substituents is 1. The zero-order valence-corrected chi connectivity index (χ0v) is 12.9. The molecule has 0 aromatic heterocycles. The third-order valence-electron chi connectivity index (χ3n) is 4.20. The van der Waals surface area contributed by atoms with E-state index in [0.717, 1.165) is 11.6 Å². The predicted molar refractivity (Wildman–Crippen MR) is 83.8 cm³/mol. The van der Waals surface area contributed by atoms with Crippen molar-refractivity contribution in [2.45, 2.75) is 25.4 Å². The first-order chi connectivity index (χ1) is 11.3. The Kier molecular flexibility index (Phi) is 3.99. The fourth-order valence-electron chi connectivity index (χ4n) is 2.88. The van der Waals surface area contributed by atoms with Crippen LogP contribution in [0.5, 0.6) is 5.75 Å².